The topological polar surface area (TPSA) is 56.3 Å². The lowest BCUT2D eigenvalue weighted by molar-refractivity contribution is 0.0756. The molecule has 1 heterocycles. The SMILES string of the molecule is CN(CC[C@H](O)c1ccccc1)C(=O)c1cc(Cl)c[nH]1. The number of carbonyl (C=O) groups excluding carboxylic acids is 1. The summed E-state index contributed by atoms with van der Waals surface area (Å²) >= 11 is 5.77. The van der Waals surface area contributed by atoms with Gasteiger partial charge in [0, 0.05) is 19.8 Å². The number of aliphatic hydroxyl groups is 1. The quantitative estimate of drug-likeness (QED) is 0.890. The monoisotopic (exact) mass is 292 g/mol. The molecule has 0 aliphatic heterocycles. The number of H-pyrrole nitrogens is 1. The van der Waals surface area contributed by atoms with Crippen LogP contribution >= 0.6 is 11.6 Å². The van der Waals surface area contributed by atoms with Crippen LogP contribution in [0.5, 0.6) is 0 Å². The molecule has 1 aromatic heterocycles. The third kappa shape index (κ3) is 3.62. The van der Waals surface area contributed by atoms with Gasteiger partial charge in [0.05, 0.1) is 11.1 Å². The van der Waals surface area contributed by atoms with Gasteiger partial charge in [0.2, 0.25) is 0 Å². The van der Waals surface area contributed by atoms with Crippen molar-refractivity contribution in [2.24, 2.45) is 0 Å². The van der Waals surface area contributed by atoms with Crippen molar-refractivity contribution in [3.63, 3.8) is 0 Å². The molecule has 2 N–H and O–H groups in total. The lowest BCUT2D eigenvalue weighted by atomic mass is 10.1. The molecule has 1 atom stereocenters. The van der Waals surface area contributed by atoms with E-state index in [2.05, 4.69) is 4.98 Å². The molecule has 20 heavy (non-hydrogen) atoms. The van der Waals surface area contributed by atoms with Gasteiger partial charge in [-0.25, -0.2) is 0 Å². The number of nitrogens with zero attached hydrogens (tertiary/aromatic N) is 1. The second kappa shape index (κ2) is 6.59. The molecule has 2 rings (SSSR count). The average molecular weight is 293 g/mol. The van der Waals surface area contributed by atoms with E-state index in [0.717, 1.165) is 5.56 Å². The van der Waals surface area contributed by atoms with Crippen LogP contribution in [0.15, 0.2) is 42.6 Å². The van der Waals surface area contributed by atoms with E-state index in [0.29, 0.717) is 23.7 Å². The van der Waals surface area contributed by atoms with Crippen LogP contribution < -0.4 is 0 Å². The van der Waals surface area contributed by atoms with E-state index < -0.39 is 6.10 Å². The minimum Gasteiger partial charge on any atom is -0.388 e. The molecule has 5 heteroatoms. The van der Waals surface area contributed by atoms with Gasteiger partial charge in [0.1, 0.15) is 5.69 Å². The number of amides is 1. The molecule has 1 amide bonds. The van der Waals surface area contributed by atoms with Crippen LogP contribution in [0.2, 0.25) is 5.02 Å². The van der Waals surface area contributed by atoms with Crippen LogP contribution in [0, 0.1) is 0 Å². The first kappa shape index (κ1) is 14.6. The zero-order chi connectivity index (χ0) is 14.5. The minimum absolute atomic E-state index is 0.142. The first-order valence-electron chi connectivity index (χ1n) is 6.40. The Morgan fingerprint density at radius 3 is 2.70 bits per heavy atom. The van der Waals surface area contributed by atoms with Crippen LogP contribution in [0.1, 0.15) is 28.6 Å². The lowest BCUT2D eigenvalue weighted by Gasteiger charge is -2.18. The van der Waals surface area contributed by atoms with Crippen molar-refractivity contribution >= 4 is 17.5 Å². The fourth-order valence-electron chi connectivity index (χ4n) is 1.96. The average Bonchev–Trinajstić information content (AvgIpc) is 2.91. The number of hydrogen-bond donors (Lipinski definition) is 2. The minimum atomic E-state index is -0.571. The van der Waals surface area contributed by atoms with Crippen molar-refractivity contribution in [1.29, 1.82) is 0 Å². The highest BCUT2D eigenvalue weighted by Crippen LogP contribution is 2.17. The standard InChI is InChI=1S/C15H17ClN2O2/c1-18(15(20)13-9-12(16)10-17-13)8-7-14(19)11-5-3-2-4-6-11/h2-6,9-10,14,17,19H,7-8H2,1H3/t14-/m0/s1. The van der Waals surface area contributed by atoms with E-state index in [9.17, 15) is 9.90 Å². The molecule has 0 saturated carbocycles. The molecule has 1 aromatic carbocycles. The van der Waals surface area contributed by atoms with E-state index in [1.54, 1.807) is 24.2 Å². The summed E-state index contributed by atoms with van der Waals surface area (Å²) in [6, 6.07) is 11.0. The predicted molar refractivity (Wildman–Crippen MR) is 78.8 cm³/mol. The Morgan fingerprint density at radius 1 is 1.40 bits per heavy atom. The summed E-state index contributed by atoms with van der Waals surface area (Å²) in [7, 11) is 1.70. The van der Waals surface area contributed by atoms with Gasteiger partial charge in [-0.05, 0) is 18.1 Å². The number of aromatic amines is 1. The Morgan fingerprint density at radius 2 is 2.10 bits per heavy atom. The second-order valence-electron chi connectivity index (χ2n) is 4.67. The highest BCUT2D eigenvalue weighted by atomic mass is 35.5. The van der Waals surface area contributed by atoms with Gasteiger partial charge in [0.25, 0.3) is 5.91 Å². The molecule has 0 aliphatic rings. The van der Waals surface area contributed by atoms with Crippen LogP contribution in [-0.2, 0) is 0 Å². The number of nitrogens with one attached hydrogen (secondary N) is 1. The number of rotatable bonds is 5. The summed E-state index contributed by atoms with van der Waals surface area (Å²) in [5.41, 5.74) is 1.31. The van der Waals surface area contributed by atoms with Gasteiger partial charge in [-0.3, -0.25) is 4.79 Å². The highest BCUT2D eigenvalue weighted by Gasteiger charge is 2.15. The van der Waals surface area contributed by atoms with E-state index in [4.69, 9.17) is 11.6 Å². The highest BCUT2D eigenvalue weighted by molar-refractivity contribution is 6.30. The van der Waals surface area contributed by atoms with Crippen molar-refractivity contribution in [3.05, 3.63) is 58.9 Å². The number of benzene rings is 1. The molecule has 0 spiro atoms. The zero-order valence-electron chi connectivity index (χ0n) is 11.2. The second-order valence-corrected chi connectivity index (χ2v) is 5.11. The van der Waals surface area contributed by atoms with E-state index in [1.165, 1.54) is 0 Å². The zero-order valence-corrected chi connectivity index (χ0v) is 12.0. The van der Waals surface area contributed by atoms with Crippen LogP contribution in [0.3, 0.4) is 0 Å². The third-order valence-corrected chi connectivity index (χ3v) is 3.37. The van der Waals surface area contributed by atoms with Crippen LogP contribution in [0.25, 0.3) is 0 Å². The Balaban J connectivity index is 1.89. The smallest absolute Gasteiger partial charge is 0.270 e. The molecule has 0 radical (unpaired) electrons. The summed E-state index contributed by atoms with van der Waals surface area (Å²) < 4.78 is 0. The molecule has 4 nitrogen and oxygen atoms in total. The normalized spacial score (nSPS) is 12.2. The molecule has 0 aliphatic carbocycles. The Bertz CT molecular complexity index is 568. The third-order valence-electron chi connectivity index (χ3n) is 3.15. The fraction of sp³-hybridized carbons (Fsp3) is 0.267. The molecule has 0 saturated heterocycles. The molecule has 0 fully saturated rings. The number of aromatic nitrogens is 1. The number of hydrogen-bond acceptors (Lipinski definition) is 2. The van der Waals surface area contributed by atoms with Gasteiger partial charge >= 0.3 is 0 Å². The first-order valence-corrected chi connectivity index (χ1v) is 6.78. The Labute approximate surface area is 123 Å². The molecule has 106 valence electrons. The molecular formula is C15H17ClN2O2. The maximum Gasteiger partial charge on any atom is 0.270 e. The molecule has 0 unspecified atom stereocenters. The van der Waals surface area contributed by atoms with Gasteiger partial charge in [-0.1, -0.05) is 41.9 Å². The molecule has 0 bridgehead atoms. The van der Waals surface area contributed by atoms with Crippen molar-refractivity contribution in [2.75, 3.05) is 13.6 Å². The summed E-state index contributed by atoms with van der Waals surface area (Å²) in [6.45, 7) is 0.464. The number of aliphatic hydroxyl groups excluding tert-OH is 1. The van der Waals surface area contributed by atoms with Gasteiger partial charge in [-0.2, -0.15) is 0 Å². The molecular weight excluding hydrogens is 276 g/mol. The van der Waals surface area contributed by atoms with E-state index >= 15 is 0 Å². The number of carbonyl (C=O) groups is 1. The number of halogens is 1. The van der Waals surface area contributed by atoms with Crippen molar-refractivity contribution in [3.8, 4) is 0 Å². The predicted octanol–water partition coefficient (Wildman–Crippen LogP) is 2.86. The van der Waals surface area contributed by atoms with Crippen LogP contribution in [-0.4, -0.2) is 34.5 Å². The van der Waals surface area contributed by atoms with Crippen molar-refractivity contribution < 1.29 is 9.90 Å². The fourth-order valence-corrected chi connectivity index (χ4v) is 2.12. The van der Waals surface area contributed by atoms with Crippen LogP contribution in [0.4, 0.5) is 0 Å². The van der Waals surface area contributed by atoms with Crippen molar-refractivity contribution in [2.45, 2.75) is 12.5 Å². The maximum atomic E-state index is 12.1. The van der Waals surface area contributed by atoms with E-state index in [-0.39, 0.29) is 5.91 Å². The summed E-state index contributed by atoms with van der Waals surface area (Å²) in [5, 5.41) is 10.6. The lowest BCUT2D eigenvalue weighted by Crippen LogP contribution is -2.28. The summed E-state index contributed by atoms with van der Waals surface area (Å²) in [6.07, 6.45) is 1.49. The maximum absolute atomic E-state index is 12.1. The first-order chi connectivity index (χ1) is 9.58. The Kier molecular flexibility index (Phi) is 4.82. The summed E-state index contributed by atoms with van der Waals surface area (Å²) in [5.74, 6) is -0.142. The van der Waals surface area contributed by atoms with Gasteiger partial charge in [-0.15, -0.1) is 0 Å². The van der Waals surface area contributed by atoms with Gasteiger partial charge in [0.15, 0.2) is 0 Å². The Hall–Kier alpha value is -1.78. The van der Waals surface area contributed by atoms with E-state index in [1.807, 2.05) is 30.3 Å². The molecule has 2 aromatic rings. The summed E-state index contributed by atoms with van der Waals surface area (Å²) in [4.78, 5) is 16.4. The van der Waals surface area contributed by atoms with Gasteiger partial charge < -0.3 is 15.0 Å². The van der Waals surface area contributed by atoms with Crippen molar-refractivity contribution in [1.82, 2.24) is 9.88 Å². The largest absolute Gasteiger partial charge is 0.388 e.